The molecule has 1 aromatic rings. The van der Waals surface area contributed by atoms with Crippen LogP contribution in [0.4, 0.5) is 0 Å². The summed E-state index contributed by atoms with van der Waals surface area (Å²) in [5, 5.41) is 2.30. The Morgan fingerprint density at radius 1 is 1.23 bits per heavy atom. The summed E-state index contributed by atoms with van der Waals surface area (Å²) in [6, 6.07) is 2.01. The van der Waals surface area contributed by atoms with Gasteiger partial charge < -0.3 is 0 Å². The Kier molecular flexibility index (Phi) is 1.88. The van der Waals surface area contributed by atoms with E-state index in [0.29, 0.717) is 0 Å². The topological polar surface area (TPSA) is 12.9 Å². The standard InChI is InChI=1S/C12H11N/c1-9-3-5-11-7-8-13-10(2)12(11)6-4-9/h3-5,7-8H,1-2H3. The molecule has 0 saturated heterocycles. The minimum atomic E-state index is 1.04. The van der Waals surface area contributed by atoms with Crippen LogP contribution in [0.1, 0.15) is 12.6 Å². The monoisotopic (exact) mass is 169 g/mol. The van der Waals surface area contributed by atoms with Crippen molar-refractivity contribution in [2.75, 3.05) is 0 Å². The summed E-state index contributed by atoms with van der Waals surface area (Å²) in [4.78, 5) is 4.23. The lowest BCUT2D eigenvalue weighted by Crippen LogP contribution is -2.26. The molecule has 0 bridgehead atoms. The van der Waals surface area contributed by atoms with Crippen LogP contribution in [0.15, 0.2) is 30.0 Å². The fourth-order valence-corrected chi connectivity index (χ4v) is 1.37. The number of hydrogen-bond acceptors (Lipinski definition) is 1. The number of aryl methyl sites for hydroxylation is 1. The van der Waals surface area contributed by atoms with Crippen LogP contribution in [0, 0.1) is 6.92 Å². The van der Waals surface area contributed by atoms with E-state index in [-0.39, 0.29) is 0 Å². The lowest BCUT2D eigenvalue weighted by molar-refractivity contribution is 1.16. The second-order valence-electron chi connectivity index (χ2n) is 3.23. The molecule has 0 aromatic carbocycles. The summed E-state index contributed by atoms with van der Waals surface area (Å²) in [5.74, 6) is 0. The highest BCUT2D eigenvalue weighted by atomic mass is 14.6. The van der Waals surface area contributed by atoms with Crippen molar-refractivity contribution in [3.8, 4) is 0 Å². The van der Waals surface area contributed by atoms with E-state index < -0.39 is 0 Å². The van der Waals surface area contributed by atoms with E-state index in [1.807, 2.05) is 25.3 Å². The second kappa shape index (κ2) is 3.04. The maximum absolute atomic E-state index is 4.23. The first-order valence-electron chi connectivity index (χ1n) is 4.34. The lowest BCUT2D eigenvalue weighted by Gasteiger charge is -1.90. The number of aromatic nitrogens is 1. The van der Waals surface area contributed by atoms with E-state index in [4.69, 9.17) is 0 Å². The Labute approximate surface area is 77.4 Å². The van der Waals surface area contributed by atoms with Gasteiger partial charge in [-0.15, -0.1) is 5.73 Å². The van der Waals surface area contributed by atoms with Crippen molar-refractivity contribution in [2.24, 2.45) is 0 Å². The zero-order valence-corrected chi connectivity index (χ0v) is 7.83. The highest BCUT2D eigenvalue weighted by Gasteiger charge is 1.92. The predicted octanol–water partition coefficient (Wildman–Crippen LogP) is 1.07. The molecule has 1 heteroatoms. The number of pyridine rings is 1. The van der Waals surface area contributed by atoms with E-state index in [1.54, 1.807) is 0 Å². The van der Waals surface area contributed by atoms with Gasteiger partial charge in [0.05, 0.1) is 5.69 Å². The zero-order valence-electron chi connectivity index (χ0n) is 7.83. The van der Waals surface area contributed by atoms with Gasteiger partial charge in [0.1, 0.15) is 0 Å². The van der Waals surface area contributed by atoms with Gasteiger partial charge >= 0.3 is 0 Å². The van der Waals surface area contributed by atoms with Gasteiger partial charge in [-0.1, -0.05) is 12.2 Å². The number of hydrogen-bond donors (Lipinski definition) is 0. The van der Waals surface area contributed by atoms with Crippen LogP contribution in [-0.4, -0.2) is 4.98 Å². The molecule has 2 rings (SSSR count). The lowest BCUT2D eigenvalue weighted by atomic mass is 10.2. The summed E-state index contributed by atoms with van der Waals surface area (Å²) in [7, 11) is 0. The molecule has 1 heterocycles. The van der Waals surface area contributed by atoms with Gasteiger partial charge in [0.25, 0.3) is 0 Å². The third-order valence-electron chi connectivity index (χ3n) is 2.14. The van der Waals surface area contributed by atoms with Crippen LogP contribution in [-0.2, 0) is 0 Å². The van der Waals surface area contributed by atoms with Gasteiger partial charge in [-0.25, -0.2) is 0 Å². The number of rotatable bonds is 0. The van der Waals surface area contributed by atoms with Crippen molar-refractivity contribution in [1.82, 2.24) is 4.98 Å². The summed E-state index contributed by atoms with van der Waals surface area (Å²) in [6.07, 6.45) is 8.03. The highest BCUT2D eigenvalue weighted by molar-refractivity contribution is 5.48. The summed E-state index contributed by atoms with van der Waals surface area (Å²) in [6.45, 7) is 4.08. The van der Waals surface area contributed by atoms with Gasteiger partial charge in [-0.05, 0) is 36.8 Å². The first-order chi connectivity index (χ1) is 6.27. The van der Waals surface area contributed by atoms with Gasteiger partial charge in [-0.3, -0.25) is 4.98 Å². The van der Waals surface area contributed by atoms with Crippen molar-refractivity contribution in [3.63, 3.8) is 0 Å². The summed E-state index contributed by atoms with van der Waals surface area (Å²) < 4.78 is 0. The molecule has 0 atom stereocenters. The quantitative estimate of drug-likeness (QED) is 0.566. The molecule has 0 spiro atoms. The SMILES string of the molecule is CC1=CC=c2ccnc(C)c2=C=C1. The Bertz CT molecular complexity index is 515. The van der Waals surface area contributed by atoms with Gasteiger partial charge in [0.15, 0.2) is 0 Å². The molecule has 0 amide bonds. The van der Waals surface area contributed by atoms with Crippen molar-refractivity contribution in [1.29, 1.82) is 0 Å². The molecule has 13 heavy (non-hydrogen) atoms. The summed E-state index contributed by atoms with van der Waals surface area (Å²) in [5.41, 5.74) is 5.51. The van der Waals surface area contributed by atoms with E-state index >= 15 is 0 Å². The van der Waals surface area contributed by atoms with Gasteiger partial charge in [0.2, 0.25) is 0 Å². The van der Waals surface area contributed by atoms with Crippen LogP contribution in [0.5, 0.6) is 0 Å². The molecule has 0 radical (unpaired) electrons. The minimum absolute atomic E-state index is 1.04. The molecule has 0 aliphatic heterocycles. The normalized spacial score (nSPS) is 13.5. The maximum atomic E-state index is 4.23. The van der Waals surface area contributed by atoms with E-state index in [2.05, 4.69) is 29.8 Å². The first-order valence-corrected chi connectivity index (χ1v) is 4.34. The molecule has 1 aromatic heterocycles. The summed E-state index contributed by atoms with van der Waals surface area (Å²) >= 11 is 0. The molecule has 64 valence electrons. The molecular formula is C12H11N. The molecule has 0 N–H and O–H groups in total. The fourth-order valence-electron chi connectivity index (χ4n) is 1.37. The molecule has 0 fully saturated rings. The largest absolute Gasteiger partial charge is 0.260 e. The van der Waals surface area contributed by atoms with Crippen LogP contribution in [0.25, 0.3) is 11.8 Å². The van der Waals surface area contributed by atoms with Crippen molar-refractivity contribution < 1.29 is 0 Å². The Morgan fingerprint density at radius 2 is 2.08 bits per heavy atom. The van der Waals surface area contributed by atoms with Crippen LogP contribution in [0.2, 0.25) is 0 Å². The van der Waals surface area contributed by atoms with Crippen LogP contribution >= 0.6 is 0 Å². The van der Waals surface area contributed by atoms with Crippen molar-refractivity contribution >= 4 is 11.8 Å². The zero-order chi connectivity index (χ0) is 9.26. The van der Waals surface area contributed by atoms with Crippen LogP contribution in [0.3, 0.4) is 0 Å². The maximum Gasteiger partial charge on any atom is 0.0528 e. The van der Waals surface area contributed by atoms with E-state index in [0.717, 1.165) is 10.9 Å². The molecular weight excluding hydrogens is 158 g/mol. The van der Waals surface area contributed by atoms with Crippen molar-refractivity contribution in [2.45, 2.75) is 13.8 Å². The minimum Gasteiger partial charge on any atom is -0.260 e. The average molecular weight is 169 g/mol. The molecule has 1 aliphatic rings. The fraction of sp³-hybridized carbons (Fsp3) is 0.167. The second-order valence-corrected chi connectivity index (χ2v) is 3.23. The Balaban J connectivity index is 2.95. The molecule has 1 nitrogen and oxygen atoms in total. The molecule has 1 aliphatic carbocycles. The average Bonchev–Trinajstić information content (AvgIpc) is 2.30. The smallest absolute Gasteiger partial charge is 0.0528 e. The Morgan fingerprint density at radius 3 is 2.92 bits per heavy atom. The van der Waals surface area contributed by atoms with E-state index in [9.17, 15) is 0 Å². The number of fused-ring (bicyclic) bond motifs is 1. The first kappa shape index (κ1) is 8.03. The number of allylic oxidation sites excluding steroid dienone is 3. The van der Waals surface area contributed by atoms with Crippen molar-refractivity contribution in [3.05, 3.63) is 46.1 Å². The molecule has 0 saturated carbocycles. The van der Waals surface area contributed by atoms with Crippen LogP contribution < -0.4 is 10.4 Å². The highest BCUT2D eigenvalue weighted by Crippen LogP contribution is 1.94. The Hall–Kier alpha value is -1.59. The third-order valence-corrected chi connectivity index (χ3v) is 2.14. The van der Waals surface area contributed by atoms with Gasteiger partial charge in [0, 0.05) is 11.4 Å². The van der Waals surface area contributed by atoms with Gasteiger partial charge in [-0.2, -0.15) is 0 Å². The third kappa shape index (κ3) is 1.47. The number of nitrogens with zero attached hydrogens (tertiary/aromatic N) is 1. The van der Waals surface area contributed by atoms with E-state index in [1.165, 1.54) is 10.8 Å². The predicted molar refractivity (Wildman–Crippen MR) is 54.4 cm³/mol. The molecule has 0 unspecified atom stereocenters.